The number of rotatable bonds is 4. The maximum atomic E-state index is 13.6. The summed E-state index contributed by atoms with van der Waals surface area (Å²) >= 11 is 6.20. The Morgan fingerprint density at radius 1 is 1.21 bits per heavy atom. The van der Waals surface area contributed by atoms with E-state index in [4.69, 9.17) is 11.6 Å². The summed E-state index contributed by atoms with van der Waals surface area (Å²) in [4.78, 5) is 20.6. The van der Waals surface area contributed by atoms with E-state index < -0.39 is 0 Å². The molecule has 0 aliphatic carbocycles. The van der Waals surface area contributed by atoms with Crippen LogP contribution in [0.4, 0.5) is 4.39 Å². The van der Waals surface area contributed by atoms with E-state index in [0.29, 0.717) is 23.7 Å². The molecule has 0 spiro atoms. The maximum Gasteiger partial charge on any atom is 0.234 e. The molecule has 3 aliphatic heterocycles. The van der Waals surface area contributed by atoms with E-state index in [1.807, 2.05) is 26.8 Å². The van der Waals surface area contributed by atoms with E-state index in [1.54, 1.807) is 0 Å². The molecular weight excluding hydrogens is 391 g/mol. The molecule has 2 aromatic rings. The predicted molar refractivity (Wildman–Crippen MR) is 115 cm³/mol. The standard InChI is InChI=1S/C22H30ClFN4O/c1-22(2,3)26-21(29)13-28-12-17-5-4-16(28)6-7-27(17)11-15-10-18-19(23)8-14(24)9-20(18)25-15/h8-10,16-17,25H,4-7,11-13H2,1-3H3,(H,26,29). The lowest BCUT2D eigenvalue weighted by molar-refractivity contribution is -0.124. The summed E-state index contributed by atoms with van der Waals surface area (Å²) in [7, 11) is 0. The van der Waals surface area contributed by atoms with Crippen molar-refractivity contribution in [3.63, 3.8) is 0 Å². The van der Waals surface area contributed by atoms with Crippen LogP contribution in [-0.2, 0) is 11.3 Å². The Morgan fingerprint density at radius 2 is 1.97 bits per heavy atom. The first-order chi connectivity index (χ1) is 13.7. The molecule has 0 radical (unpaired) electrons. The minimum Gasteiger partial charge on any atom is -0.357 e. The average molecular weight is 421 g/mol. The van der Waals surface area contributed by atoms with Crippen molar-refractivity contribution >= 4 is 28.4 Å². The molecule has 2 unspecified atom stereocenters. The molecule has 1 aromatic heterocycles. The molecule has 5 nitrogen and oxygen atoms in total. The van der Waals surface area contributed by atoms with Crippen LogP contribution in [0, 0.1) is 5.82 Å². The lowest BCUT2D eigenvalue weighted by atomic mass is 9.98. The van der Waals surface area contributed by atoms with Gasteiger partial charge in [-0.25, -0.2) is 4.39 Å². The van der Waals surface area contributed by atoms with Crippen LogP contribution in [0.25, 0.3) is 10.9 Å². The molecule has 2 bridgehead atoms. The maximum absolute atomic E-state index is 13.6. The summed E-state index contributed by atoms with van der Waals surface area (Å²) < 4.78 is 13.6. The largest absolute Gasteiger partial charge is 0.357 e. The fourth-order valence-electron chi connectivity index (χ4n) is 4.77. The van der Waals surface area contributed by atoms with Gasteiger partial charge in [0.05, 0.1) is 17.1 Å². The fourth-order valence-corrected chi connectivity index (χ4v) is 5.03. The number of carbonyl (C=O) groups is 1. The van der Waals surface area contributed by atoms with Gasteiger partial charge in [0.25, 0.3) is 0 Å². The van der Waals surface area contributed by atoms with Gasteiger partial charge in [0.15, 0.2) is 0 Å². The van der Waals surface area contributed by atoms with Crippen molar-refractivity contribution in [3.05, 3.63) is 34.7 Å². The van der Waals surface area contributed by atoms with Crippen molar-refractivity contribution in [2.24, 2.45) is 0 Å². The summed E-state index contributed by atoms with van der Waals surface area (Å²) in [5, 5.41) is 4.38. The third kappa shape index (κ3) is 4.76. The molecule has 1 amide bonds. The lowest BCUT2D eigenvalue weighted by Crippen LogP contribution is -2.52. The Kier molecular flexibility index (Phi) is 5.62. The number of nitrogens with one attached hydrogen (secondary N) is 2. The molecule has 3 fully saturated rings. The lowest BCUT2D eigenvalue weighted by Gasteiger charge is -2.38. The molecule has 5 rings (SSSR count). The average Bonchev–Trinajstić information content (AvgIpc) is 2.81. The molecule has 1 aromatic carbocycles. The van der Waals surface area contributed by atoms with Gasteiger partial charge < -0.3 is 10.3 Å². The van der Waals surface area contributed by atoms with Gasteiger partial charge in [0.1, 0.15) is 5.82 Å². The minimum absolute atomic E-state index is 0.101. The Balaban J connectivity index is 1.44. The summed E-state index contributed by atoms with van der Waals surface area (Å²) in [6.45, 7) is 9.21. The van der Waals surface area contributed by atoms with Gasteiger partial charge in [-0.15, -0.1) is 0 Å². The van der Waals surface area contributed by atoms with Crippen LogP contribution < -0.4 is 5.32 Å². The monoisotopic (exact) mass is 420 g/mol. The van der Waals surface area contributed by atoms with Gasteiger partial charge in [-0.05, 0) is 58.2 Å². The quantitative estimate of drug-likeness (QED) is 0.788. The number of aromatic nitrogens is 1. The fraction of sp³-hybridized carbons (Fsp3) is 0.591. The van der Waals surface area contributed by atoms with Crippen molar-refractivity contribution < 1.29 is 9.18 Å². The number of nitrogens with zero attached hydrogens (tertiary/aromatic N) is 2. The van der Waals surface area contributed by atoms with Crippen LogP contribution in [0.5, 0.6) is 0 Å². The molecule has 3 saturated heterocycles. The molecule has 158 valence electrons. The zero-order valence-electron chi connectivity index (χ0n) is 17.4. The number of benzene rings is 1. The van der Waals surface area contributed by atoms with Gasteiger partial charge in [0.2, 0.25) is 5.91 Å². The predicted octanol–water partition coefficient (Wildman–Crippen LogP) is 3.91. The minimum atomic E-state index is -0.325. The van der Waals surface area contributed by atoms with Crippen LogP contribution in [-0.4, -0.2) is 57.9 Å². The van der Waals surface area contributed by atoms with Crippen LogP contribution in [0.3, 0.4) is 0 Å². The van der Waals surface area contributed by atoms with Gasteiger partial charge in [-0.3, -0.25) is 14.6 Å². The SMILES string of the molecule is CC(C)(C)NC(=O)CN1CC2CCC1CCN2Cc1cc2c(Cl)cc(F)cc2[nH]1. The molecular formula is C22H30ClFN4O. The summed E-state index contributed by atoms with van der Waals surface area (Å²) in [6.07, 6.45) is 3.35. The third-order valence-corrected chi connectivity index (χ3v) is 6.32. The van der Waals surface area contributed by atoms with E-state index in [2.05, 4.69) is 20.1 Å². The Morgan fingerprint density at radius 3 is 2.72 bits per heavy atom. The van der Waals surface area contributed by atoms with Crippen LogP contribution in [0.1, 0.15) is 45.7 Å². The molecule has 29 heavy (non-hydrogen) atoms. The zero-order valence-corrected chi connectivity index (χ0v) is 18.2. The Labute approximate surface area is 176 Å². The number of piperidine rings is 1. The van der Waals surface area contributed by atoms with Crippen LogP contribution in [0.15, 0.2) is 18.2 Å². The molecule has 3 aliphatic rings. The van der Waals surface area contributed by atoms with Crippen molar-refractivity contribution in [2.75, 3.05) is 19.6 Å². The highest BCUT2D eigenvalue weighted by Gasteiger charge is 2.36. The highest BCUT2D eigenvalue weighted by molar-refractivity contribution is 6.35. The van der Waals surface area contributed by atoms with Gasteiger partial charge in [-0.1, -0.05) is 11.6 Å². The van der Waals surface area contributed by atoms with Crippen molar-refractivity contribution in [1.82, 2.24) is 20.1 Å². The summed E-state index contributed by atoms with van der Waals surface area (Å²) in [6, 6.07) is 5.77. The number of halogens is 2. The number of aromatic amines is 1. The summed E-state index contributed by atoms with van der Waals surface area (Å²) in [5.41, 5.74) is 1.59. The number of H-pyrrole nitrogens is 1. The number of fused-ring (bicyclic) bond motifs is 5. The van der Waals surface area contributed by atoms with E-state index in [0.717, 1.165) is 55.5 Å². The Hall–Kier alpha value is -1.63. The van der Waals surface area contributed by atoms with Crippen molar-refractivity contribution in [3.8, 4) is 0 Å². The first-order valence-electron chi connectivity index (χ1n) is 10.4. The van der Waals surface area contributed by atoms with Gasteiger partial charge >= 0.3 is 0 Å². The molecule has 0 saturated carbocycles. The van der Waals surface area contributed by atoms with E-state index in [9.17, 15) is 9.18 Å². The third-order valence-electron chi connectivity index (χ3n) is 6.00. The normalized spacial score (nSPS) is 23.5. The highest BCUT2D eigenvalue weighted by Crippen LogP contribution is 2.31. The Bertz CT molecular complexity index is 906. The molecule has 7 heteroatoms. The highest BCUT2D eigenvalue weighted by atomic mass is 35.5. The van der Waals surface area contributed by atoms with Gasteiger partial charge in [0, 0.05) is 48.3 Å². The van der Waals surface area contributed by atoms with E-state index >= 15 is 0 Å². The topological polar surface area (TPSA) is 51.4 Å². The summed E-state index contributed by atoms with van der Waals surface area (Å²) in [5.74, 6) is -0.225. The smallest absolute Gasteiger partial charge is 0.234 e. The number of carbonyl (C=O) groups excluding carboxylic acids is 1. The van der Waals surface area contributed by atoms with E-state index in [1.165, 1.54) is 12.1 Å². The molecule has 2 atom stereocenters. The zero-order chi connectivity index (χ0) is 20.8. The molecule has 2 N–H and O–H groups in total. The second-order valence-corrected chi connectivity index (χ2v) is 9.92. The van der Waals surface area contributed by atoms with Crippen molar-refractivity contribution in [2.45, 2.75) is 64.2 Å². The second-order valence-electron chi connectivity index (χ2n) is 9.52. The molecule has 4 heterocycles. The van der Waals surface area contributed by atoms with Crippen LogP contribution >= 0.6 is 11.6 Å². The number of amides is 1. The first-order valence-corrected chi connectivity index (χ1v) is 10.8. The van der Waals surface area contributed by atoms with E-state index in [-0.39, 0.29) is 17.3 Å². The van der Waals surface area contributed by atoms with Gasteiger partial charge in [-0.2, -0.15) is 0 Å². The van der Waals surface area contributed by atoms with Crippen molar-refractivity contribution in [1.29, 1.82) is 0 Å². The number of hydrogen-bond donors (Lipinski definition) is 2. The number of hydrogen-bond acceptors (Lipinski definition) is 3. The van der Waals surface area contributed by atoms with Crippen LogP contribution in [0.2, 0.25) is 5.02 Å². The second kappa shape index (κ2) is 7.89. The first kappa shape index (κ1) is 20.6.